The number of hydrogen-bond donors (Lipinski definition) is 1. The Morgan fingerprint density at radius 2 is 2.00 bits per heavy atom. The van der Waals surface area contributed by atoms with Gasteiger partial charge in [0.2, 0.25) is 0 Å². The molecule has 0 spiro atoms. The summed E-state index contributed by atoms with van der Waals surface area (Å²) in [6.07, 6.45) is 1.28. The largest absolute Gasteiger partial charge is 0.481 e. The summed E-state index contributed by atoms with van der Waals surface area (Å²) in [7, 11) is 0. The molecule has 0 fully saturated rings. The molecule has 0 radical (unpaired) electrons. The van der Waals surface area contributed by atoms with Crippen LogP contribution in [0, 0.1) is 0 Å². The smallest absolute Gasteiger partial charge is 0.311 e. The molecule has 0 aliphatic rings. The Morgan fingerprint density at radius 3 is 2.53 bits per heavy atom. The number of ether oxygens (including phenoxy) is 1. The third-order valence-corrected chi connectivity index (χ3v) is 2.42. The van der Waals surface area contributed by atoms with Crippen LogP contribution in [0.5, 0.6) is 5.75 Å². The molecule has 1 N–H and O–H groups in total. The van der Waals surface area contributed by atoms with Crippen LogP contribution >= 0.6 is 0 Å². The summed E-state index contributed by atoms with van der Waals surface area (Å²) in [5.41, 5.74) is 0.553. The molecule has 4 heteroatoms. The minimum Gasteiger partial charge on any atom is -0.481 e. The molecule has 1 atom stereocenters. The minimum atomic E-state index is -0.897. The van der Waals surface area contributed by atoms with Crippen molar-refractivity contribution in [2.75, 3.05) is 0 Å². The number of carbonyl (C=O) groups is 2. The van der Waals surface area contributed by atoms with E-state index in [0.29, 0.717) is 17.7 Å². The van der Waals surface area contributed by atoms with Gasteiger partial charge < -0.3 is 9.84 Å². The van der Waals surface area contributed by atoms with E-state index in [0.717, 1.165) is 6.42 Å². The van der Waals surface area contributed by atoms with Crippen LogP contribution in [0.3, 0.4) is 0 Å². The van der Waals surface area contributed by atoms with Crippen molar-refractivity contribution in [1.82, 2.24) is 0 Å². The Bertz CT molecular complexity index is 412. The van der Waals surface area contributed by atoms with E-state index in [4.69, 9.17) is 4.74 Å². The van der Waals surface area contributed by atoms with Gasteiger partial charge in [0.05, 0.1) is 5.92 Å². The van der Waals surface area contributed by atoms with Crippen molar-refractivity contribution in [2.24, 2.45) is 0 Å². The lowest BCUT2D eigenvalue weighted by Gasteiger charge is -2.15. The van der Waals surface area contributed by atoms with E-state index >= 15 is 0 Å². The molecule has 0 amide bonds. The fourth-order valence-corrected chi connectivity index (χ4v) is 1.72. The predicted octanol–water partition coefficient (Wildman–Crippen LogP) is 2.58. The molecule has 1 rings (SSSR count). The lowest BCUT2D eigenvalue weighted by atomic mass is 9.94. The Morgan fingerprint density at radius 1 is 1.35 bits per heavy atom. The first kappa shape index (κ1) is 13.2. The number of para-hydroxylation sites is 1. The summed E-state index contributed by atoms with van der Waals surface area (Å²) in [6, 6.07) is 6.76. The van der Waals surface area contributed by atoms with Crippen molar-refractivity contribution < 1.29 is 19.4 Å². The van der Waals surface area contributed by atoms with E-state index in [1.54, 1.807) is 24.3 Å². The van der Waals surface area contributed by atoms with E-state index < -0.39 is 17.9 Å². The van der Waals surface area contributed by atoms with Crippen molar-refractivity contribution in [1.29, 1.82) is 0 Å². The second kappa shape index (κ2) is 6.03. The van der Waals surface area contributed by atoms with Gasteiger partial charge in [0.1, 0.15) is 5.75 Å². The second-order valence-electron chi connectivity index (χ2n) is 3.81. The molecule has 0 saturated heterocycles. The first-order chi connectivity index (χ1) is 8.06. The van der Waals surface area contributed by atoms with Gasteiger partial charge in [-0.2, -0.15) is 0 Å². The highest BCUT2D eigenvalue weighted by Gasteiger charge is 2.22. The monoisotopic (exact) mass is 236 g/mol. The fourth-order valence-electron chi connectivity index (χ4n) is 1.72. The molecule has 0 bridgehead atoms. The maximum atomic E-state index is 11.2. The normalized spacial score (nSPS) is 11.9. The predicted molar refractivity (Wildman–Crippen MR) is 63.0 cm³/mol. The molecule has 1 unspecified atom stereocenters. The highest BCUT2D eigenvalue weighted by Crippen LogP contribution is 2.30. The van der Waals surface area contributed by atoms with E-state index in [1.807, 2.05) is 6.92 Å². The molecule has 0 aromatic heterocycles. The van der Waals surface area contributed by atoms with Crippen molar-refractivity contribution in [2.45, 2.75) is 32.6 Å². The van der Waals surface area contributed by atoms with Gasteiger partial charge >= 0.3 is 11.9 Å². The quantitative estimate of drug-likeness (QED) is 0.630. The molecule has 92 valence electrons. The summed E-state index contributed by atoms with van der Waals surface area (Å²) in [5, 5.41) is 9.18. The van der Waals surface area contributed by atoms with Crippen LogP contribution in [-0.4, -0.2) is 17.0 Å². The Kier molecular flexibility index (Phi) is 4.69. The number of aliphatic carboxylic acids is 1. The topological polar surface area (TPSA) is 63.6 Å². The zero-order valence-corrected chi connectivity index (χ0v) is 9.97. The standard InChI is InChI=1S/C13H16O4/c1-3-6-11(13(15)16)10-7-4-5-8-12(10)17-9(2)14/h4-5,7-8,11H,3,6H2,1-2H3,(H,15,16). The highest BCUT2D eigenvalue weighted by atomic mass is 16.5. The van der Waals surface area contributed by atoms with Crippen LogP contribution in [0.1, 0.15) is 38.2 Å². The van der Waals surface area contributed by atoms with E-state index in [-0.39, 0.29) is 0 Å². The summed E-state index contributed by atoms with van der Waals surface area (Å²) in [5.74, 6) is -1.64. The molecular formula is C13H16O4. The van der Waals surface area contributed by atoms with Gasteiger partial charge in [-0.25, -0.2) is 0 Å². The maximum absolute atomic E-state index is 11.2. The average Bonchev–Trinajstić information content (AvgIpc) is 2.26. The van der Waals surface area contributed by atoms with Gasteiger partial charge in [0, 0.05) is 12.5 Å². The molecular weight excluding hydrogens is 220 g/mol. The zero-order valence-electron chi connectivity index (χ0n) is 9.97. The van der Waals surface area contributed by atoms with Crippen molar-refractivity contribution >= 4 is 11.9 Å². The van der Waals surface area contributed by atoms with E-state index in [9.17, 15) is 14.7 Å². The van der Waals surface area contributed by atoms with Crippen LogP contribution < -0.4 is 4.74 Å². The molecule has 0 heterocycles. The number of hydrogen-bond acceptors (Lipinski definition) is 3. The first-order valence-electron chi connectivity index (χ1n) is 5.56. The first-order valence-corrected chi connectivity index (χ1v) is 5.56. The van der Waals surface area contributed by atoms with Gasteiger partial charge in [0.25, 0.3) is 0 Å². The Hall–Kier alpha value is -1.84. The third-order valence-electron chi connectivity index (χ3n) is 2.42. The summed E-state index contributed by atoms with van der Waals surface area (Å²) in [6.45, 7) is 3.22. The Balaban J connectivity index is 3.08. The molecule has 0 saturated carbocycles. The molecule has 0 aliphatic carbocycles. The van der Waals surface area contributed by atoms with Crippen LogP contribution in [0.2, 0.25) is 0 Å². The molecule has 0 aliphatic heterocycles. The van der Waals surface area contributed by atoms with E-state index in [1.165, 1.54) is 6.92 Å². The van der Waals surface area contributed by atoms with Gasteiger partial charge in [-0.3, -0.25) is 9.59 Å². The number of rotatable bonds is 5. The van der Waals surface area contributed by atoms with Gasteiger partial charge in [-0.15, -0.1) is 0 Å². The molecule has 4 nitrogen and oxygen atoms in total. The fraction of sp³-hybridized carbons (Fsp3) is 0.385. The number of benzene rings is 1. The van der Waals surface area contributed by atoms with Crippen LogP contribution in [-0.2, 0) is 9.59 Å². The van der Waals surface area contributed by atoms with Crippen LogP contribution in [0.4, 0.5) is 0 Å². The van der Waals surface area contributed by atoms with Crippen molar-refractivity contribution in [3.63, 3.8) is 0 Å². The van der Waals surface area contributed by atoms with Gasteiger partial charge in [-0.05, 0) is 12.5 Å². The SMILES string of the molecule is CCCC(C(=O)O)c1ccccc1OC(C)=O. The lowest BCUT2D eigenvalue weighted by molar-refractivity contribution is -0.139. The zero-order chi connectivity index (χ0) is 12.8. The lowest BCUT2D eigenvalue weighted by Crippen LogP contribution is -2.14. The van der Waals surface area contributed by atoms with Crippen LogP contribution in [0.25, 0.3) is 0 Å². The van der Waals surface area contributed by atoms with Gasteiger partial charge in [-0.1, -0.05) is 31.5 Å². The second-order valence-corrected chi connectivity index (χ2v) is 3.81. The number of carboxylic acids is 1. The maximum Gasteiger partial charge on any atom is 0.311 e. The molecule has 17 heavy (non-hydrogen) atoms. The number of carboxylic acid groups (broad SMARTS) is 1. The highest BCUT2D eigenvalue weighted by molar-refractivity contribution is 5.78. The van der Waals surface area contributed by atoms with E-state index in [2.05, 4.69) is 0 Å². The van der Waals surface area contributed by atoms with Crippen molar-refractivity contribution in [3.8, 4) is 5.75 Å². The Labute approximate surface area is 100 Å². The summed E-state index contributed by atoms with van der Waals surface area (Å²) in [4.78, 5) is 22.1. The molecule has 1 aromatic rings. The van der Waals surface area contributed by atoms with Gasteiger partial charge in [0.15, 0.2) is 0 Å². The van der Waals surface area contributed by atoms with Crippen molar-refractivity contribution in [3.05, 3.63) is 29.8 Å². The minimum absolute atomic E-state index is 0.334. The average molecular weight is 236 g/mol. The summed E-state index contributed by atoms with van der Waals surface area (Å²) >= 11 is 0. The number of carbonyl (C=O) groups excluding carboxylic acids is 1. The summed E-state index contributed by atoms with van der Waals surface area (Å²) < 4.78 is 5.02. The third kappa shape index (κ3) is 3.59. The molecule has 1 aromatic carbocycles. The van der Waals surface area contributed by atoms with Crippen LogP contribution in [0.15, 0.2) is 24.3 Å². The number of esters is 1.